The topological polar surface area (TPSA) is 101 Å². The molecular formula is C20H24N2O5S. The summed E-state index contributed by atoms with van der Waals surface area (Å²) in [5.74, 6) is -0.323. The quantitative estimate of drug-likeness (QED) is 0.442. The SMILES string of the molecule is O=C1C(SCCO)=C(c2ccc([N+](=O)[O-])cc2)C(=O)N1C1CCCCCCC1. The van der Waals surface area contributed by atoms with Gasteiger partial charge in [0.25, 0.3) is 17.5 Å². The van der Waals surface area contributed by atoms with Crippen molar-refractivity contribution in [3.63, 3.8) is 0 Å². The number of rotatable bonds is 6. The van der Waals surface area contributed by atoms with E-state index in [9.17, 15) is 24.8 Å². The van der Waals surface area contributed by atoms with Crippen LogP contribution in [0.4, 0.5) is 5.69 Å². The van der Waals surface area contributed by atoms with Crippen molar-refractivity contribution in [1.82, 2.24) is 4.90 Å². The number of nitro groups is 1. The number of hydrogen-bond acceptors (Lipinski definition) is 6. The highest BCUT2D eigenvalue weighted by atomic mass is 32.2. The van der Waals surface area contributed by atoms with Crippen LogP contribution in [0.2, 0.25) is 0 Å². The van der Waals surface area contributed by atoms with Crippen LogP contribution >= 0.6 is 11.8 Å². The number of carbonyl (C=O) groups is 2. The van der Waals surface area contributed by atoms with Gasteiger partial charge in [0, 0.05) is 23.9 Å². The first kappa shape index (κ1) is 20.5. The Hall–Kier alpha value is -2.19. The Morgan fingerprint density at radius 2 is 1.64 bits per heavy atom. The first-order chi connectivity index (χ1) is 13.5. The Bertz CT molecular complexity index is 782. The minimum atomic E-state index is -0.498. The molecule has 7 nitrogen and oxygen atoms in total. The Balaban J connectivity index is 1.93. The predicted molar refractivity (Wildman–Crippen MR) is 108 cm³/mol. The van der Waals surface area contributed by atoms with Crippen molar-refractivity contribution in [3.05, 3.63) is 44.8 Å². The lowest BCUT2D eigenvalue weighted by Gasteiger charge is -2.28. The van der Waals surface area contributed by atoms with Crippen LogP contribution in [0.1, 0.15) is 50.5 Å². The molecule has 1 heterocycles. The van der Waals surface area contributed by atoms with E-state index in [1.54, 1.807) is 0 Å². The second kappa shape index (κ2) is 9.34. The number of hydrogen-bond donors (Lipinski definition) is 1. The van der Waals surface area contributed by atoms with Crippen LogP contribution in [0, 0.1) is 10.1 Å². The van der Waals surface area contributed by atoms with E-state index in [-0.39, 0.29) is 30.2 Å². The second-order valence-electron chi connectivity index (χ2n) is 7.06. The molecule has 0 unspecified atom stereocenters. The first-order valence-corrected chi connectivity index (χ1v) is 10.6. The minimum Gasteiger partial charge on any atom is -0.396 e. The molecule has 0 aromatic heterocycles. The molecule has 1 aromatic rings. The molecule has 1 aliphatic carbocycles. The summed E-state index contributed by atoms with van der Waals surface area (Å²) < 4.78 is 0. The summed E-state index contributed by atoms with van der Waals surface area (Å²) in [6, 6.07) is 5.60. The number of nitro benzene ring substituents is 1. The zero-order valence-corrected chi connectivity index (χ0v) is 16.5. The monoisotopic (exact) mass is 404 g/mol. The largest absolute Gasteiger partial charge is 0.396 e. The average Bonchev–Trinajstić information content (AvgIpc) is 2.90. The average molecular weight is 404 g/mol. The molecule has 0 bridgehead atoms. The maximum absolute atomic E-state index is 13.2. The van der Waals surface area contributed by atoms with Gasteiger partial charge in [0.05, 0.1) is 22.0 Å². The number of amides is 2. The Morgan fingerprint density at radius 3 is 2.21 bits per heavy atom. The minimum absolute atomic E-state index is 0.0671. The van der Waals surface area contributed by atoms with E-state index in [0.29, 0.717) is 21.8 Å². The van der Waals surface area contributed by atoms with Crippen LogP contribution in [0.3, 0.4) is 0 Å². The van der Waals surface area contributed by atoms with Crippen LogP contribution in [-0.4, -0.2) is 45.1 Å². The summed E-state index contributed by atoms with van der Waals surface area (Å²) >= 11 is 1.17. The van der Waals surface area contributed by atoms with Gasteiger partial charge in [-0.2, -0.15) is 0 Å². The fourth-order valence-corrected chi connectivity index (χ4v) is 4.70. The lowest BCUT2D eigenvalue weighted by atomic mass is 9.95. The van der Waals surface area contributed by atoms with Crippen LogP contribution in [-0.2, 0) is 9.59 Å². The maximum atomic E-state index is 13.2. The number of aliphatic hydroxyl groups is 1. The van der Waals surface area contributed by atoms with Gasteiger partial charge in [-0.3, -0.25) is 24.6 Å². The smallest absolute Gasteiger partial charge is 0.269 e. The number of carbonyl (C=O) groups excluding carboxylic acids is 2. The number of aliphatic hydroxyl groups excluding tert-OH is 1. The summed E-state index contributed by atoms with van der Waals surface area (Å²) in [5.41, 5.74) is 0.723. The van der Waals surface area contributed by atoms with E-state index in [4.69, 9.17) is 0 Å². The molecule has 0 atom stereocenters. The molecule has 28 heavy (non-hydrogen) atoms. The standard InChI is InChI=1S/C20H24N2O5S/c23-12-13-28-18-17(14-8-10-16(11-9-14)22(26)27)19(24)21(20(18)25)15-6-4-2-1-3-5-7-15/h8-11,15,23H,1-7,12-13H2. The van der Waals surface area contributed by atoms with Crippen LogP contribution < -0.4 is 0 Å². The Labute approximate surface area is 167 Å². The number of non-ortho nitro benzene ring substituents is 1. The van der Waals surface area contributed by atoms with Crippen molar-refractivity contribution in [2.75, 3.05) is 12.4 Å². The van der Waals surface area contributed by atoms with Crippen LogP contribution in [0.5, 0.6) is 0 Å². The van der Waals surface area contributed by atoms with Gasteiger partial charge in [-0.25, -0.2) is 0 Å². The number of nitrogens with zero attached hydrogens (tertiary/aromatic N) is 2. The summed E-state index contributed by atoms with van der Waals surface area (Å²) in [6.45, 7) is -0.105. The van der Waals surface area contributed by atoms with Gasteiger partial charge in [0.1, 0.15) is 0 Å². The van der Waals surface area contributed by atoms with E-state index in [0.717, 1.165) is 38.5 Å². The molecule has 3 rings (SSSR count). The highest BCUT2D eigenvalue weighted by molar-refractivity contribution is 8.04. The van der Waals surface area contributed by atoms with Gasteiger partial charge in [-0.05, 0) is 30.5 Å². The highest BCUT2D eigenvalue weighted by Gasteiger charge is 2.42. The third-order valence-electron chi connectivity index (χ3n) is 5.22. The molecule has 8 heteroatoms. The zero-order chi connectivity index (χ0) is 20.1. The molecule has 1 N–H and O–H groups in total. The van der Waals surface area contributed by atoms with Gasteiger partial charge in [0.2, 0.25) is 0 Å². The van der Waals surface area contributed by atoms with Crippen LogP contribution in [0.15, 0.2) is 29.2 Å². The molecule has 150 valence electrons. The molecule has 0 spiro atoms. The lowest BCUT2D eigenvalue weighted by molar-refractivity contribution is -0.384. The molecule has 1 fully saturated rings. The number of imide groups is 1. The molecule has 2 aliphatic rings. The van der Waals surface area contributed by atoms with E-state index in [2.05, 4.69) is 0 Å². The predicted octanol–water partition coefficient (Wildman–Crippen LogP) is 3.51. The number of thioether (sulfide) groups is 1. The van der Waals surface area contributed by atoms with Crippen molar-refractivity contribution in [1.29, 1.82) is 0 Å². The molecule has 1 aliphatic heterocycles. The van der Waals surface area contributed by atoms with E-state index in [1.165, 1.54) is 47.3 Å². The van der Waals surface area contributed by atoms with Gasteiger partial charge in [-0.1, -0.05) is 32.1 Å². The van der Waals surface area contributed by atoms with Crippen molar-refractivity contribution in [3.8, 4) is 0 Å². The summed E-state index contributed by atoms with van der Waals surface area (Å²) in [4.78, 5) is 38.5. The number of benzene rings is 1. The normalized spacial score (nSPS) is 19.1. The zero-order valence-electron chi connectivity index (χ0n) is 15.6. The fraction of sp³-hybridized carbons (Fsp3) is 0.500. The van der Waals surface area contributed by atoms with Crippen molar-refractivity contribution in [2.24, 2.45) is 0 Å². The summed E-state index contributed by atoms with van der Waals surface area (Å²) in [5, 5.41) is 20.1. The maximum Gasteiger partial charge on any atom is 0.269 e. The molecule has 1 saturated carbocycles. The van der Waals surface area contributed by atoms with Gasteiger partial charge >= 0.3 is 0 Å². The van der Waals surface area contributed by atoms with Gasteiger partial charge < -0.3 is 5.11 Å². The van der Waals surface area contributed by atoms with E-state index >= 15 is 0 Å². The Kier molecular flexibility index (Phi) is 6.85. The Morgan fingerprint density at radius 1 is 1.04 bits per heavy atom. The fourth-order valence-electron chi connectivity index (χ4n) is 3.84. The van der Waals surface area contributed by atoms with Crippen molar-refractivity contribution >= 4 is 34.8 Å². The van der Waals surface area contributed by atoms with E-state index in [1.807, 2.05) is 0 Å². The van der Waals surface area contributed by atoms with Crippen LogP contribution in [0.25, 0.3) is 5.57 Å². The molecular weight excluding hydrogens is 380 g/mol. The first-order valence-electron chi connectivity index (χ1n) is 9.65. The van der Waals surface area contributed by atoms with Gasteiger partial charge in [-0.15, -0.1) is 11.8 Å². The second-order valence-corrected chi connectivity index (χ2v) is 8.16. The summed E-state index contributed by atoms with van der Waals surface area (Å²) in [7, 11) is 0. The lowest BCUT2D eigenvalue weighted by Crippen LogP contribution is -2.41. The summed E-state index contributed by atoms with van der Waals surface area (Å²) in [6.07, 6.45) is 7.02. The third kappa shape index (κ3) is 4.28. The molecule has 2 amide bonds. The molecule has 0 radical (unpaired) electrons. The van der Waals surface area contributed by atoms with E-state index < -0.39 is 4.92 Å². The van der Waals surface area contributed by atoms with Crippen molar-refractivity contribution in [2.45, 2.75) is 51.0 Å². The highest BCUT2D eigenvalue weighted by Crippen LogP contribution is 2.39. The van der Waals surface area contributed by atoms with Gasteiger partial charge in [0.15, 0.2) is 0 Å². The molecule has 0 saturated heterocycles. The third-order valence-corrected chi connectivity index (χ3v) is 6.27. The molecule has 1 aromatic carbocycles. The van der Waals surface area contributed by atoms with Crippen molar-refractivity contribution < 1.29 is 19.6 Å².